The Bertz CT molecular complexity index is 390. The van der Waals surface area contributed by atoms with E-state index in [9.17, 15) is 14.9 Å². The Hall–Kier alpha value is -1.62. The normalized spacial score (nSPS) is 11.9. The number of alkyl halides is 1. The third-order valence-electron chi connectivity index (χ3n) is 2.04. The SMILES string of the molecule is COC(=O)CC(Cl)c1ccc([N+](=O)[O-])cc1. The molecule has 0 aliphatic rings. The van der Waals surface area contributed by atoms with Crippen LogP contribution in [0.3, 0.4) is 0 Å². The maximum Gasteiger partial charge on any atom is 0.307 e. The highest BCUT2D eigenvalue weighted by Gasteiger charge is 2.14. The van der Waals surface area contributed by atoms with Crippen LogP contribution in [0.2, 0.25) is 0 Å². The van der Waals surface area contributed by atoms with Crippen molar-refractivity contribution in [3.8, 4) is 0 Å². The first-order chi connectivity index (χ1) is 7.54. The third-order valence-corrected chi connectivity index (χ3v) is 2.45. The average Bonchev–Trinajstić information content (AvgIpc) is 2.28. The minimum absolute atomic E-state index is 0.00863. The van der Waals surface area contributed by atoms with Gasteiger partial charge in [0.2, 0.25) is 0 Å². The summed E-state index contributed by atoms with van der Waals surface area (Å²) in [6, 6.07) is 5.75. The van der Waals surface area contributed by atoms with Crippen LogP contribution in [0, 0.1) is 10.1 Å². The number of rotatable bonds is 4. The number of nitro benzene ring substituents is 1. The molecular formula is C10H10ClNO4. The Balaban J connectivity index is 2.73. The Kier molecular flexibility index (Phi) is 4.25. The summed E-state index contributed by atoms with van der Waals surface area (Å²) in [6.07, 6.45) is 0.0376. The molecule has 1 atom stereocenters. The van der Waals surface area contributed by atoms with Gasteiger partial charge in [0.1, 0.15) is 0 Å². The molecule has 0 bridgehead atoms. The predicted octanol–water partition coefficient (Wildman–Crippen LogP) is 2.44. The lowest BCUT2D eigenvalue weighted by atomic mass is 10.1. The molecule has 0 N–H and O–H groups in total. The maximum absolute atomic E-state index is 11.0. The fourth-order valence-corrected chi connectivity index (χ4v) is 1.42. The van der Waals surface area contributed by atoms with Gasteiger partial charge in [0.15, 0.2) is 0 Å². The average molecular weight is 244 g/mol. The molecule has 0 aromatic heterocycles. The number of hydrogen-bond acceptors (Lipinski definition) is 4. The van der Waals surface area contributed by atoms with Gasteiger partial charge in [-0.2, -0.15) is 0 Å². The molecule has 5 nitrogen and oxygen atoms in total. The first-order valence-electron chi connectivity index (χ1n) is 4.50. The molecule has 6 heteroatoms. The van der Waals surface area contributed by atoms with Gasteiger partial charge in [-0.1, -0.05) is 12.1 Å². The standard InChI is InChI=1S/C10H10ClNO4/c1-16-10(13)6-9(11)7-2-4-8(5-3-7)12(14)15/h2-5,9H,6H2,1H3. The number of ether oxygens (including phenoxy) is 1. The van der Waals surface area contributed by atoms with Crippen molar-refractivity contribution in [2.24, 2.45) is 0 Å². The van der Waals surface area contributed by atoms with Crippen LogP contribution in [0.4, 0.5) is 5.69 Å². The van der Waals surface area contributed by atoms with Gasteiger partial charge >= 0.3 is 5.97 Å². The molecule has 0 heterocycles. The van der Waals surface area contributed by atoms with Crippen molar-refractivity contribution in [2.45, 2.75) is 11.8 Å². The number of carbonyl (C=O) groups is 1. The number of benzene rings is 1. The van der Waals surface area contributed by atoms with E-state index in [-0.39, 0.29) is 12.1 Å². The van der Waals surface area contributed by atoms with E-state index >= 15 is 0 Å². The van der Waals surface area contributed by atoms with E-state index in [1.807, 2.05) is 0 Å². The molecule has 0 spiro atoms. The van der Waals surface area contributed by atoms with E-state index in [2.05, 4.69) is 4.74 Å². The van der Waals surface area contributed by atoms with Gasteiger partial charge in [0.05, 0.1) is 23.8 Å². The number of nitrogens with zero attached hydrogens (tertiary/aromatic N) is 1. The Morgan fingerprint density at radius 2 is 2.06 bits per heavy atom. The minimum Gasteiger partial charge on any atom is -0.469 e. The van der Waals surface area contributed by atoms with Crippen molar-refractivity contribution in [2.75, 3.05) is 7.11 Å². The first-order valence-corrected chi connectivity index (χ1v) is 4.93. The number of hydrogen-bond donors (Lipinski definition) is 0. The lowest BCUT2D eigenvalue weighted by Gasteiger charge is -2.07. The van der Waals surface area contributed by atoms with Gasteiger partial charge < -0.3 is 4.74 Å². The topological polar surface area (TPSA) is 69.4 Å². The molecule has 1 rings (SSSR count). The Morgan fingerprint density at radius 3 is 2.50 bits per heavy atom. The second-order valence-electron chi connectivity index (χ2n) is 3.10. The van der Waals surface area contributed by atoms with E-state index in [0.29, 0.717) is 5.56 Å². The summed E-state index contributed by atoms with van der Waals surface area (Å²) in [6.45, 7) is 0. The van der Waals surface area contributed by atoms with Crippen LogP contribution in [0.1, 0.15) is 17.4 Å². The fourth-order valence-electron chi connectivity index (χ4n) is 1.15. The molecule has 16 heavy (non-hydrogen) atoms. The predicted molar refractivity (Wildman–Crippen MR) is 58.3 cm³/mol. The number of nitro groups is 1. The number of halogens is 1. The number of non-ortho nitro benzene ring substituents is 1. The quantitative estimate of drug-likeness (QED) is 0.352. The third kappa shape index (κ3) is 3.20. The van der Waals surface area contributed by atoms with Gasteiger partial charge in [-0.3, -0.25) is 14.9 Å². The zero-order valence-corrected chi connectivity index (χ0v) is 9.31. The summed E-state index contributed by atoms with van der Waals surface area (Å²) in [5, 5.41) is 9.87. The van der Waals surface area contributed by atoms with E-state index in [0.717, 1.165) is 0 Å². The van der Waals surface area contributed by atoms with Crippen LogP contribution < -0.4 is 0 Å². The molecule has 0 amide bonds. The molecular weight excluding hydrogens is 234 g/mol. The largest absolute Gasteiger partial charge is 0.469 e. The van der Waals surface area contributed by atoms with Crippen molar-refractivity contribution in [1.82, 2.24) is 0 Å². The van der Waals surface area contributed by atoms with Crippen LogP contribution in [0.25, 0.3) is 0 Å². The summed E-state index contributed by atoms with van der Waals surface area (Å²) < 4.78 is 4.47. The maximum atomic E-state index is 11.0. The molecule has 0 saturated heterocycles. The summed E-state index contributed by atoms with van der Waals surface area (Å²) in [5.41, 5.74) is 0.642. The van der Waals surface area contributed by atoms with Crippen LogP contribution in [0.15, 0.2) is 24.3 Å². The Labute approximate surface area is 97.1 Å². The van der Waals surface area contributed by atoms with Gasteiger partial charge in [-0.15, -0.1) is 11.6 Å². The summed E-state index contributed by atoms with van der Waals surface area (Å²) in [7, 11) is 1.28. The Morgan fingerprint density at radius 1 is 1.50 bits per heavy atom. The van der Waals surface area contributed by atoms with Gasteiger partial charge in [0.25, 0.3) is 5.69 Å². The van der Waals surface area contributed by atoms with Crippen LogP contribution in [-0.4, -0.2) is 18.0 Å². The van der Waals surface area contributed by atoms with Crippen molar-refractivity contribution >= 4 is 23.3 Å². The minimum atomic E-state index is -0.534. The van der Waals surface area contributed by atoms with Crippen LogP contribution in [-0.2, 0) is 9.53 Å². The second-order valence-corrected chi connectivity index (χ2v) is 3.62. The smallest absolute Gasteiger partial charge is 0.307 e. The molecule has 0 aliphatic heterocycles. The zero-order valence-electron chi connectivity index (χ0n) is 8.55. The van der Waals surface area contributed by atoms with E-state index in [1.165, 1.54) is 31.4 Å². The van der Waals surface area contributed by atoms with Crippen molar-refractivity contribution < 1.29 is 14.5 Å². The summed E-state index contributed by atoms with van der Waals surface area (Å²) >= 11 is 5.94. The molecule has 1 unspecified atom stereocenters. The molecule has 0 aliphatic carbocycles. The van der Waals surface area contributed by atoms with E-state index in [4.69, 9.17) is 11.6 Å². The molecule has 1 aromatic rings. The van der Waals surface area contributed by atoms with E-state index < -0.39 is 16.3 Å². The van der Waals surface area contributed by atoms with Crippen LogP contribution >= 0.6 is 11.6 Å². The number of carbonyl (C=O) groups excluding carboxylic acids is 1. The highest BCUT2D eigenvalue weighted by molar-refractivity contribution is 6.21. The van der Waals surface area contributed by atoms with Gasteiger partial charge in [-0.05, 0) is 5.56 Å². The summed E-state index contributed by atoms with van der Waals surface area (Å²) in [4.78, 5) is 20.9. The van der Waals surface area contributed by atoms with Crippen molar-refractivity contribution in [3.63, 3.8) is 0 Å². The monoisotopic (exact) mass is 243 g/mol. The highest BCUT2D eigenvalue weighted by Crippen LogP contribution is 2.26. The lowest BCUT2D eigenvalue weighted by Crippen LogP contribution is -2.04. The molecule has 86 valence electrons. The van der Waals surface area contributed by atoms with Gasteiger partial charge in [0, 0.05) is 12.1 Å². The molecule has 0 fully saturated rings. The highest BCUT2D eigenvalue weighted by atomic mass is 35.5. The summed E-state index contributed by atoms with van der Waals surface area (Å²) in [5.74, 6) is -0.418. The molecule has 0 saturated carbocycles. The first kappa shape index (κ1) is 12.4. The number of esters is 1. The molecule has 1 aromatic carbocycles. The second kappa shape index (κ2) is 5.46. The van der Waals surface area contributed by atoms with Crippen molar-refractivity contribution in [3.05, 3.63) is 39.9 Å². The lowest BCUT2D eigenvalue weighted by molar-refractivity contribution is -0.384. The van der Waals surface area contributed by atoms with E-state index in [1.54, 1.807) is 0 Å². The number of methoxy groups -OCH3 is 1. The zero-order chi connectivity index (χ0) is 12.1. The van der Waals surface area contributed by atoms with Crippen LogP contribution in [0.5, 0.6) is 0 Å². The molecule has 0 radical (unpaired) electrons. The van der Waals surface area contributed by atoms with Crippen molar-refractivity contribution in [1.29, 1.82) is 0 Å². The van der Waals surface area contributed by atoms with Gasteiger partial charge in [-0.25, -0.2) is 0 Å². The fraction of sp³-hybridized carbons (Fsp3) is 0.300.